The van der Waals surface area contributed by atoms with E-state index in [1.165, 1.54) is 17.0 Å². The van der Waals surface area contributed by atoms with Crippen molar-refractivity contribution in [3.05, 3.63) is 43.0 Å². The molecule has 0 nitrogen and oxygen atoms in total. The molecule has 0 spiro atoms. The Hall–Kier alpha value is -0.157. The number of hydrogen-bond acceptors (Lipinski definition) is 0. The molecule has 2 aliphatic carbocycles. The van der Waals surface area contributed by atoms with Crippen LogP contribution >= 0.6 is 0 Å². The van der Waals surface area contributed by atoms with Gasteiger partial charge in [-0.15, -0.1) is 0 Å². The first-order valence-corrected chi connectivity index (χ1v) is 9.19. The molecule has 2 aliphatic rings. The summed E-state index contributed by atoms with van der Waals surface area (Å²) in [5.41, 5.74) is 0. The summed E-state index contributed by atoms with van der Waals surface area (Å²) in [6, 6.07) is 0. The Kier molecular flexibility index (Phi) is 3.16. The molecule has 0 radical (unpaired) electrons. The van der Waals surface area contributed by atoms with Crippen molar-refractivity contribution in [1.29, 1.82) is 0 Å². The third-order valence-electron chi connectivity index (χ3n) is 2.67. The summed E-state index contributed by atoms with van der Waals surface area (Å²) < 4.78 is 5.02. The first-order valence-electron chi connectivity index (χ1n) is 4.99. The molecule has 0 amide bonds. The molecule has 67 valence electrons. The van der Waals surface area contributed by atoms with Gasteiger partial charge in [-0.25, -0.2) is 0 Å². The summed E-state index contributed by atoms with van der Waals surface area (Å²) in [6.45, 7) is 2.37. The minimum atomic E-state index is -1.31. The van der Waals surface area contributed by atoms with Crippen LogP contribution in [0.25, 0.3) is 0 Å². The second kappa shape index (κ2) is 4.37. The molecule has 0 heterocycles. The third kappa shape index (κ3) is 2.02. The van der Waals surface area contributed by atoms with Gasteiger partial charge in [0.05, 0.1) is 0 Å². The van der Waals surface area contributed by atoms with Gasteiger partial charge in [-0.3, -0.25) is 0 Å². The zero-order valence-electron chi connectivity index (χ0n) is 8.09. The Morgan fingerprint density at radius 1 is 1.08 bits per heavy atom. The molecule has 0 saturated carbocycles. The van der Waals surface area contributed by atoms with Gasteiger partial charge in [0.25, 0.3) is 0 Å². The van der Waals surface area contributed by atoms with Gasteiger partial charge in [-0.2, -0.15) is 0 Å². The van der Waals surface area contributed by atoms with Gasteiger partial charge in [0.2, 0.25) is 0 Å². The van der Waals surface area contributed by atoms with E-state index in [0.29, 0.717) is 0 Å². The van der Waals surface area contributed by atoms with E-state index in [2.05, 4.69) is 43.4 Å². The van der Waals surface area contributed by atoms with E-state index in [-0.39, 0.29) is 0 Å². The second-order valence-electron chi connectivity index (χ2n) is 3.48. The molecule has 0 aromatic heterocycles. The summed E-state index contributed by atoms with van der Waals surface area (Å²) in [4.78, 5) is 0. The monoisotopic (exact) mass is 249 g/mol. The zero-order valence-corrected chi connectivity index (χ0v) is 10.5. The first-order chi connectivity index (χ1) is 6.42. The fraction of sp³-hybridized carbons (Fsp3) is 0.333. The van der Waals surface area contributed by atoms with E-state index in [0.717, 1.165) is 0 Å². The van der Waals surface area contributed by atoms with Crippen molar-refractivity contribution in [1.82, 2.24) is 0 Å². The van der Waals surface area contributed by atoms with Gasteiger partial charge in [0.1, 0.15) is 0 Å². The van der Waals surface area contributed by atoms with Crippen molar-refractivity contribution >= 4 is 0 Å². The SMILES string of the molecule is C[CH2][Zr]([C]1=CC=CC1)[C]1=CC=CC1. The topological polar surface area (TPSA) is 0 Å². The van der Waals surface area contributed by atoms with Crippen LogP contribution in [0.15, 0.2) is 43.0 Å². The van der Waals surface area contributed by atoms with Crippen LogP contribution in [0.4, 0.5) is 0 Å². The number of rotatable bonds is 3. The second-order valence-corrected chi connectivity index (χ2v) is 10.7. The molecule has 0 N–H and O–H groups in total. The van der Waals surface area contributed by atoms with Crippen molar-refractivity contribution < 1.29 is 21.8 Å². The minimum absolute atomic E-state index is 1.25. The van der Waals surface area contributed by atoms with Crippen molar-refractivity contribution in [2.75, 3.05) is 0 Å². The number of allylic oxidation sites excluding steroid dienone is 8. The normalized spacial score (nSPS) is 19.2. The Balaban J connectivity index is 2.09. The van der Waals surface area contributed by atoms with Crippen LogP contribution in [-0.2, 0) is 21.8 Å². The molecular weight excluding hydrogens is 235 g/mol. The quantitative estimate of drug-likeness (QED) is 0.716. The van der Waals surface area contributed by atoms with Gasteiger partial charge in [0.15, 0.2) is 0 Å². The van der Waals surface area contributed by atoms with Crippen LogP contribution in [0.5, 0.6) is 0 Å². The molecule has 0 saturated heterocycles. The van der Waals surface area contributed by atoms with Crippen LogP contribution in [0.1, 0.15) is 19.8 Å². The first kappa shape index (κ1) is 9.40. The molecule has 13 heavy (non-hydrogen) atoms. The van der Waals surface area contributed by atoms with E-state index in [9.17, 15) is 0 Å². The molecule has 0 atom stereocenters. The van der Waals surface area contributed by atoms with Gasteiger partial charge < -0.3 is 0 Å². The van der Waals surface area contributed by atoms with Gasteiger partial charge >= 0.3 is 88.7 Å². The van der Waals surface area contributed by atoms with Crippen molar-refractivity contribution in [3.8, 4) is 0 Å². The summed E-state index contributed by atoms with van der Waals surface area (Å²) >= 11 is -1.31. The Morgan fingerprint density at radius 2 is 1.62 bits per heavy atom. The van der Waals surface area contributed by atoms with E-state index in [4.69, 9.17) is 0 Å². The molecule has 1 heteroatoms. The van der Waals surface area contributed by atoms with Crippen molar-refractivity contribution in [3.63, 3.8) is 0 Å². The Bertz CT molecular complexity index is 275. The molecule has 0 aliphatic heterocycles. The van der Waals surface area contributed by atoms with E-state index >= 15 is 0 Å². The summed E-state index contributed by atoms with van der Waals surface area (Å²) in [5, 5.41) is 0. The van der Waals surface area contributed by atoms with Crippen molar-refractivity contribution in [2.45, 2.75) is 23.9 Å². The van der Waals surface area contributed by atoms with Gasteiger partial charge in [-0.05, 0) is 0 Å². The predicted octanol–water partition coefficient (Wildman–Crippen LogP) is 3.73. The van der Waals surface area contributed by atoms with Crippen LogP contribution in [0, 0.1) is 0 Å². The van der Waals surface area contributed by atoms with Gasteiger partial charge in [-0.1, -0.05) is 0 Å². The molecule has 0 aromatic carbocycles. The van der Waals surface area contributed by atoms with E-state index in [1.807, 2.05) is 0 Å². The van der Waals surface area contributed by atoms with E-state index in [1.54, 1.807) is 6.56 Å². The molecule has 0 bridgehead atoms. The molecular formula is C12H15Zr. The number of hydrogen-bond donors (Lipinski definition) is 0. The third-order valence-corrected chi connectivity index (χ3v) is 10.0. The maximum absolute atomic E-state index is 2.37. The van der Waals surface area contributed by atoms with Crippen LogP contribution in [0.3, 0.4) is 0 Å². The van der Waals surface area contributed by atoms with Crippen LogP contribution in [-0.4, -0.2) is 0 Å². The molecule has 0 aromatic rings. The standard InChI is InChI=1S/2C5H5.C2H5.Zr/c2*1-2-4-5-3-1;1-2;/h2*1-3H,4H2;1H2,2H3;. The predicted molar refractivity (Wildman–Crippen MR) is 54.2 cm³/mol. The maximum atomic E-state index is 2.37. The molecule has 0 fully saturated rings. The Morgan fingerprint density at radius 3 is 1.92 bits per heavy atom. The molecule has 0 unspecified atom stereocenters. The fourth-order valence-electron chi connectivity index (χ4n) is 2.00. The van der Waals surface area contributed by atoms with Gasteiger partial charge in [0, 0.05) is 0 Å². The summed E-state index contributed by atoms with van der Waals surface area (Å²) in [7, 11) is 0. The zero-order chi connectivity index (χ0) is 9.10. The fourth-order valence-corrected chi connectivity index (χ4v) is 8.50. The summed E-state index contributed by atoms with van der Waals surface area (Å²) in [5.74, 6) is 0. The molecule has 2 rings (SSSR count). The van der Waals surface area contributed by atoms with E-state index < -0.39 is 21.8 Å². The summed E-state index contributed by atoms with van der Waals surface area (Å²) in [6.07, 6.45) is 16.3. The average molecular weight is 250 g/mol. The Labute approximate surface area is 88.4 Å². The average Bonchev–Trinajstić information content (AvgIpc) is 2.76. The van der Waals surface area contributed by atoms with Crippen LogP contribution in [0.2, 0.25) is 4.13 Å². The van der Waals surface area contributed by atoms with Crippen LogP contribution < -0.4 is 0 Å². The van der Waals surface area contributed by atoms with Crippen molar-refractivity contribution in [2.24, 2.45) is 0 Å².